The quantitative estimate of drug-likeness (QED) is 0.762. The predicted molar refractivity (Wildman–Crippen MR) is 112 cm³/mol. The summed E-state index contributed by atoms with van der Waals surface area (Å²) >= 11 is 1.70. The van der Waals surface area contributed by atoms with Gasteiger partial charge in [-0.2, -0.15) is 0 Å². The van der Waals surface area contributed by atoms with Crippen molar-refractivity contribution in [2.45, 2.75) is 50.7 Å². The van der Waals surface area contributed by atoms with Crippen LogP contribution in [0.1, 0.15) is 58.1 Å². The third kappa shape index (κ3) is 3.65. The molecular formula is C22H24N4O3S. The Kier molecular flexibility index (Phi) is 5.12. The maximum atomic E-state index is 12.9. The van der Waals surface area contributed by atoms with Crippen LogP contribution in [-0.4, -0.2) is 51.6 Å². The summed E-state index contributed by atoms with van der Waals surface area (Å²) in [4.78, 5) is 44.9. The van der Waals surface area contributed by atoms with E-state index in [-0.39, 0.29) is 24.1 Å². The Morgan fingerprint density at radius 2 is 1.97 bits per heavy atom. The summed E-state index contributed by atoms with van der Waals surface area (Å²) in [6.07, 6.45) is 4.72. The molecule has 2 aromatic rings. The van der Waals surface area contributed by atoms with Crippen molar-refractivity contribution in [3.05, 3.63) is 51.5 Å². The Labute approximate surface area is 179 Å². The van der Waals surface area contributed by atoms with Crippen LogP contribution < -0.4 is 5.32 Å². The molecule has 1 aromatic carbocycles. The van der Waals surface area contributed by atoms with E-state index < -0.39 is 6.04 Å². The Bertz CT molecular complexity index is 982. The molecule has 1 N–H and O–H groups in total. The number of likely N-dealkylation sites (tertiary alicyclic amines) is 1. The Balaban J connectivity index is 1.25. The highest BCUT2D eigenvalue weighted by atomic mass is 32.1. The Hall–Kier alpha value is -2.58. The predicted octanol–water partition coefficient (Wildman–Crippen LogP) is 2.28. The van der Waals surface area contributed by atoms with Gasteiger partial charge in [0, 0.05) is 30.1 Å². The Morgan fingerprint density at radius 1 is 1.13 bits per heavy atom. The zero-order valence-corrected chi connectivity index (χ0v) is 17.5. The van der Waals surface area contributed by atoms with E-state index in [9.17, 15) is 14.4 Å². The number of nitrogens with one attached hydrogen (secondary N) is 1. The summed E-state index contributed by atoms with van der Waals surface area (Å²) in [5, 5.41) is 5.54. The number of hydrogen-bond donors (Lipinski definition) is 1. The molecule has 7 nitrogen and oxygen atoms in total. The van der Waals surface area contributed by atoms with Crippen molar-refractivity contribution in [1.29, 1.82) is 0 Å². The maximum Gasteiger partial charge on any atom is 0.255 e. The molecule has 2 fully saturated rings. The van der Waals surface area contributed by atoms with Crippen LogP contribution in [-0.2, 0) is 22.7 Å². The monoisotopic (exact) mass is 424 g/mol. The van der Waals surface area contributed by atoms with Crippen LogP contribution in [0.5, 0.6) is 0 Å². The molecule has 8 heteroatoms. The van der Waals surface area contributed by atoms with Crippen LogP contribution in [0.3, 0.4) is 0 Å². The average molecular weight is 425 g/mol. The fourth-order valence-electron chi connectivity index (χ4n) is 4.80. The zero-order valence-electron chi connectivity index (χ0n) is 16.7. The van der Waals surface area contributed by atoms with Crippen molar-refractivity contribution in [2.24, 2.45) is 0 Å². The number of hydrogen-bond acceptors (Lipinski definition) is 6. The lowest BCUT2D eigenvalue weighted by molar-refractivity contribution is -0.136. The number of amides is 3. The number of fused-ring (bicyclic) bond motifs is 1. The van der Waals surface area contributed by atoms with Crippen LogP contribution in [0, 0.1) is 0 Å². The van der Waals surface area contributed by atoms with Crippen LogP contribution in [0.25, 0.3) is 0 Å². The van der Waals surface area contributed by atoms with Gasteiger partial charge in [0.25, 0.3) is 5.91 Å². The largest absolute Gasteiger partial charge is 0.322 e. The van der Waals surface area contributed by atoms with E-state index >= 15 is 0 Å². The minimum absolute atomic E-state index is 0.107. The van der Waals surface area contributed by atoms with Gasteiger partial charge in [0.2, 0.25) is 11.8 Å². The molecule has 30 heavy (non-hydrogen) atoms. The first kappa shape index (κ1) is 19.4. The summed E-state index contributed by atoms with van der Waals surface area (Å²) in [5.74, 6) is -0.240. The van der Waals surface area contributed by atoms with Crippen LogP contribution >= 0.6 is 11.3 Å². The van der Waals surface area contributed by atoms with E-state index in [1.165, 1.54) is 5.56 Å². The molecule has 0 radical (unpaired) electrons. The standard InChI is InChI=1S/C22H24N4O3S/c27-19-4-3-18(21(28)24-19)26-12-16-11-15(1-2-17(16)22(26)29)14-5-8-25(9-6-14)13-20-23-7-10-30-20/h1-2,7,10-11,14,18H,3-6,8-9,12-13H2,(H,24,27,28). The second kappa shape index (κ2) is 7.92. The minimum atomic E-state index is -0.555. The molecule has 0 spiro atoms. The second-order valence-electron chi connectivity index (χ2n) is 8.29. The lowest BCUT2D eigenvalue weighted by Gasteiger charge is -2.31. The van der Waals surface area contributed by atoms with Gasteiger partial charge in [0.1, 0.15) is 11.0 Å². The molecule has 1 unspecified atom stereocenters. The summed E-state index contributed by atoms with van der Waals surface area (Å²) in [6.45, 7) is 3.45. The number of nitrogens with zero attached hydrogens (tertiary/aromatic N) is 3. The van der Waals surface area contributed by atoms with Gasteiger partial charge in [-0.3, -0.25) is 24.6 Å². The smallest absolute Gasteiger partial charge is 0.255 e. The fourth-order valence-corrected chi connectivity index (χ4v) is 5.45. The summed E-state index contributed by atoms with van der Waals surface area (Å²) in [6, 6.07) is 5.59. The number of imide groups is 1. The van der Waals surface area contributed by atoms with Crippen LogP contribution in [0.2, 0.25) is 0 Å². The minimum Gasteiger partial charge on any atom is -0.322 e. The normalized spacial score (nSPS) is 23.0. The molecule has 5 rings (SSSR count). The van der Waals surface area contributed by atoms with Gasteiger partial charge in [0.15, 0.2) is 0 Å². The number of carbonyl (C=O) groups excluding carboxylic acids is 3. The lowest BCUT2D eigenvalue weighted by atomic mass is 9.88. The number of thiazole rings is 1. The highest BCUT2D eigenvalue weighted by molar-refractivity contribution is 7.09. The molecule has 0 bridgehead atoms. The van der Waals surface area contributed by atoms with Crippen molar-refractivity contribution in [2.75, 3.05) is 13.1 Å². The third-order valence-corrected chi connectivity index (χ3v) is 7.21. The molecule has 3 aliphatic heterocycles. The first-order valence-electron chi connectivity index (χ1n) is 10.5. The number of aromatic nitrogens is 1. The Morgan fingerprint density at radius 3 is 2.70 bits per heavy atom. The van der Waals surface area contributed by atoms with Gasteiger partial charge in [-0.05, 0) is 55.5 Å². The van der Waals surface area contributed by atoms with Gasteiger partial charge in [0.05, 0.1) is 6.54 Å². The van der Waals surface area contributed by atoms with Crippen molar-refractivity contribution in [3.8, 4) is 0 Å². The van der Waals surface area contributed by atoms with Crippen molar-refractivity contribution >= 4 is 29.1 Å². The van der Waals surface area contributed by atoms with E-state index in [0.717, 1.165) is 43.0 Å². The van der Waals surface area contributed by atoms with Gasteiger partial charge >= 0.3 is 0 Å². The van der Waals surface area contributed by atoms with Gasteiger partial charge in [-0.1, -0.05) is 12.1 Å². The van der Waals surface area contributed by atoms with E-state index in [2.05, 4.69) is 27.3 Å². The number of benzene rings is 1. The third-order valence-electron chi connectivity index (χ3n) is 6.45. The maximum absolute atomic E-state index is 12.9. The number of rotatable bonds is 4. The van der Waals surface area contributed by atoms with Crippen LogP contribution in [0.15, 0.2) is 29.8 Å². The molecule has 0 saturated carbocycles. The van der Waals surface area contributed by atoms with Crippen molar-refractivity contribution in [1.82, 2.24) is 20.1 Å². The van der Waals surface area contributed by atoms with E-state index in [4.69, 9.17) is 0 Å². The van der Waals surface area contributed by atoms with E-state index in [1.54, 1.807) is 16.2 Å². The van der Waals surface area contributed by atoms with E-state index in [1.807, 2.05) is 17.6 Å². The van der Waals surface area contributed by atoms with Crippen LogP contribution in [0.4, 0.5) is 0 Å². The highest BCUT2D eigenvalue weighted by Gasteiger charge is 2.39. The van der Waals surface area contributed by atoms with Crippen molar-refractivity contribution < 1.29 is 14.4 Å². The first-order valence-corrected chi connectivity index (χ1v) is 11.3. The average Bonchev–Trinajstić information content (AvgIpc) is 3.36. The molecule has 3 aliphatic rings. The molecule has 3 amide bonds. The van der Waals surface area contributed by atoms with E-state index in [0.29, 0.717) is 24.4 Å². The van der Waals surface area contributed by atoms with Crippen molar-refractivity contribution in [3.63, 3.8) is 0 Å². The molecular weight excluding hydrogens is 400 g/mol. The number of piperidine rings is 2. The molecule has 156 valence electrons. The highest BCUT2D eigenvalue weighted by Crippen LogP contribution is 2.34. The molecule has 4 heterocycles. The molecule has 1 atom stereocenters. The SMILES string of the molecule is O=C1CCC(N2Cc3cc(C4CCN(Cc5nccs5)CC4)ccc3C2=O)C(=O)N1. The lowest BCUT2D eigenvalue weighted by Crippen LogP contribution is -2.52. The first-order chi connectivity index (χ1) is 14.6. The summed E-state index contributed by atoms with van der Waals surface area (Å²) < 4.78 is 0. The summed E-state index contributed by atoms with van der Waals surface area (Å²) in [7, 11) is 0. The zero-order chi connectivity index (χ0) is 20.7. The fraction of sp³-hybridized carbons (Fsp3) is 0.455. The van der Waals surface area contributed by atoms with Gasteiger partial charge < -0.3 is 4.90 Å². The summed E-state index contributed by atoms with van der Waals surface area (Å²) in [5.41, 5.74) is 2.96. The van der Waals surface area contributed by atoms with Gasteiger partial charge in [-0.15, -0.1) is 11.3 Å². The van der Waals surface area contributed by atoms with Gasteiger partial charge in [-0.25, -0.2) is 4.98 Å². The number of carbonyl (C=O) groups is 3. The molecule has 1 aromatic heterocycles. The topological polar surface area (TPSA) is 82.6 Å². The molecule has 0 aliphatic carbocycles. The second-order valence-corrected chi connectivity index (χ2v) is 9.27. The molecule has 2 saturated heterocycles.